The van der Waals surface area contributed by atoms with Gasteiger partial charge in [0, 0.05) is 29.3 Å². The summed E-state index contributed by atoms with van der Waals surface area (Å²) >= 11 is 0. The molecule has 1 aliphatic heterocycles. The van der Waals surface area contributed by atoms with Gasteiger partial charge in [0.15, 0.2) is 0 Å². The van der Waals surface area contributed by atoms with Crippen LogP contribution in [0.4, 0.5) is 5.69 Å². The lowest BCUT2D eigenvalue weighted by atomic mass is 10.1. The molecule has 0 aliphatic carbocycles. The molecule has 4 rings (SSSR count). The van der Waals surface area contributed by atoms with Crippen LogP contribution in [-0.2, 0) is 42.8 Å². The number of aromatic nitrogens is 2. The summed E-state index contributed by atoms with van der Waals surface area (Å²) in [6.07, 6.45) is -3.78. The van der Waals surface area contributed by atoms with Gasteiger partial charge in [-0.25, -0.2) is 18.5 Å². The zero-order chi connectivity index (χ0) is 30.9. The van der Waals surface area contributed by atoms with E-state index in [0.29, 0.717) is 5.69 Å². The van der Waals surface area contributed by atoms with Crippen molar-refractivity contribution < 1.29 is 61.1 Å². The predicted octanol–water partition coefficient (Wildman–Crippen LogP) is 0.863. The molecule has 1 aliphatic rings. The molecule has 1 aromatic heterocycles. The van der Waals surface area contributed by atoms with E-state index in [1.54, 1.807) is 24.3 Å². The number of fused-ring (bicyclic) bond motifs is 1. The largest absolute Gasteiger partial charge is 0.490 e. The smallest absolute Gasteiger partial charge is 0.390 e. The van der Waals surface area contributed by atoms with E-state index < -0.39 is 72.1 Å². The lowest BCUT2D eigenvalue weighted by Gasteiger charge is -2.19. The van der Waals surface area contributed by atoms with Gasteiger partial charge in [0.05, 0.1) is 19.1 Å². The van der Waals surface area contributed by atoms with Crippen LogP contribution in [0.2, 0.25) is 0 Å². The SMILES string of the molecule is O=C(Cc1cn([C@H]2C[C@H](O)[C@@H](COP(=O)(O)OP(=O)(O)OP(=O)(O)O)O2)c(=O)[nH]c1=O)Nc1cccc2ccccc12. The zero-order valence-electron chi connectivity index (χ0n) is 21.1. The molecule has 228 valence electrons. The highest BCUT2D eigenvalue weighted by molar-refractivity contribution is 7.66. The van der Waals surface area contributed by atoms with Gasteiger partial charge in [-0.05, 0) is 11.5 Å². The molecular formula is C21H24N3O15P3. The Balaban J connectivity index is 1.42. The van der Waals surface area contributed by atoms with E-state index in [1.807, 2.05) is 18.2 Å². The highest BCUT2D eigenvalue weighted by Gasteiger charge is 2.43. The number of benzene rings is 2. The van der Waals surface area contributed by atoms with Crippen molar-refractivity contribution in [1.82, 2.24) is 9.55 Å². The molecule has 18 nitrogen and oxygen atoms in total. The van der Waals surface area contributed by atoms with Gasteiger partial charge in [-0.2, -0.15) is 8.62 Å². The average molecular weight is 651 g/mol. The molecule has 42 heavy (non-hydrogen) atoms. The number of aliphatic hydroxyl groups excluding tert-OH is 1. The van der Waals surface area contributed by atoms with Crippen molar-refractivity contribution >= 4 is 45.8 Å². The molecule has 0 saturated carbocycles. The van der Waals surface area contributed by atoms with Crippen LogP contribution in [0.1, 0.15) is 18.2 Å². The monoisotopic (exact) mass is 651 g/mol. The third-order valence-corrected chi connectivity index (χ3v) is 9.59. The molecule has 5 atom stereocenters. The summed E-state index contributed by atoms with van der Waals surface area (Å²) in [6, 6.07) is 12.6. The third-order valence-electron chi connectivity index (χ3n) is 5.79. The summed E-state index contributed by atoms with van der Waals surface area (Å²) in [6.45, 7) is -0.959. The fourth-order valence-corrected chi connectivity index (χ4v) is 7.11. The topological polar surface area (TPSA) is 273 Å². The Kier molecular flexibility index (Phi) is 9.50. The quantitative estimate of drug-likeness (QED) is 0.142. The van der Waals surface area contributed by atoms with E-state index in [2.05, 4.69) is 23.4 Å². The first-order valence-electron chi connectivity index (χ1n) is 11.8. The summed E-state index contributed by atoms with van der Waals surface area (Å²) in [5, 5.41) is 14.7. The first-order valence-corrected chi connectivity index (χ1v) is 16.3. The second-order valence-electron chi connectivity index (χ2n) is 8.89. The molecule has 2 aromatic carbocycles. The van der Waals surface area contributed by atoms with Gasteiger partial charge in [0.2, 0.25) is 5.91 Å². The summed E-state index contributed by atoms with van der Waals surface area (Å²) < 4.78 is 52.2. The number of anilines is 1. The van der Waals surface area contributed by atoms with Crippen molar-refractivity contribution in [2.75, 3.05) is 11.9 Å². The van der Waals surface area contributed by atoms with Crippen molar-refractivity contribution in [3.8, 4) is 0 Å². The van der Waals surface area contributed by atoms with Crippen molar-refractivity contribution in [3.63, 3.8) is 0 Å². The van der Waals surface area contributed by atoms with Gasteiger partial charge in [-0.15, -0.1) is 0 Å². The van der Waals surface area contributed by atoms with Crippen LogP contribution in [0.3, 0.4) is 0 Å². The number of carbonyl (C=O) groups is 1. The number of hydrogen-bond donors (Lipinski definition) is 7. The highest BCUT2D eigenvalue weighted by Crippen LogP contribution is 2.66. The number of amides is 1. The van der Waals surface area contributed by atoms with Crippen molar-refractivity contribution in [2.45, 2.75) is 31.3 Å². The molecule has 1 saturated heterocycles. The third kappa shape index (κ3) is 8.39. The predicted molar refractivity (Wildman–Crippen MR) is 142 cm³/mol. The van der Waals surface area contributed by atoms with Crippen LogP contribution >= 0.6 is 23.5 Å². The number of hydrogen-bond acceptors (Lipinski definition) is 11. The van der Waals surface area contributed by atoms with Crippen LogP contribution < -0.4 is 16.6 Å². The van der Waals surface area contributed by atoms with Gasteiger partial charge in [-0.3, -0.25) is 23.7 Å². The Morgan fingerprint density at radius 2 is 1.71 bits per heavy atom. The minimum atomic E-state index is -5.75. The standard InChI is InChI=1S/C21H24N3O15P3/c25-16-9-19(37-17(16)11-36-41(32,33)39-42(34,35)38-40(29,30)31)24-10-13(20(27)23-21(24)28)8-18(26)22-15-7-3-5-12-4-1-2-6-14(12)15/h1-7,10,16-17,19,25H,8-9,11H2,(H,22,26)(H,32,33)(H,34,35)(H,23,27,28)(H2,29,30,31)/t16-,17+,19+/m0/s1. The van der Waals surface area contributed by atoms with E-state index in [-0.39, 0.29) is 12.0 Å². The minimum absolute atomic E-state index is 0.123. The van der Waals surface area contributed by atoms with E-state index in [1.165, 1.54) is 0 Å². The Morgan fingerprint density at radius 1 is 1.02 bits per heavy atom. The first-order chi connectivity index (χ1) is 19.5. The fraction of sp³-hybridized carbons (Fsp3) is 0.286. The molecule has 0 bridgehead atoms. The second-order valence-corrected chi connectivity index (χ2v) is 13.3. The van der Waals surface area contributed by atoms with Crippen LogP contribution in [0.15, 0.2) is 58.3 Å². The van der Waals surface area contributed by atoms with Crippen molar-refractivity contribution in [3.05, 3.63) is 75.1 Å². The number of phosphoric acid groups is 3. The maximum absolute atomic E-state index is 12.8. The Hall–Kier alpha value is -2.82. The first kappa shape index (κ1) is 32.1. The average Bonchev–Trinajstić information content (AvgIpc) is 3.22. The molecule has 0 radical (unpaired) electrons. The molecule has 2 unspecified atom stereocenters. The van der Waals surface area contributed by atoms with Gasteiger partial charge in [-0.1, -0.05) is 36.4 Å². The van der Waals surface area contributed by atoms with Crippen LogP contribution in [-0.4, -0.2) is 59.0 Å². The summed E-state index contributed by atoms with van der Waals surface area (Å²) in [5.74, 6) is -0.566. The lowest BCUT2D eigenvalue weighted by molar-refractivity contribution is -0.115. The number of aromatic amines is 1. The highest BCUT2D eigenvalue weighted by atomic mass is 31.3. The summed E-state index contributed by atoms with van der Waals surface area (Å²) in [5.41, 5.74) is -1.41. The number of aliphatic hydroxyl groups is 1. The minimum Gasteiger partial charge on any atom is -0.390 e. The maximum Gasteiger partial charge on any atom is 0.490 e. The normalized spacial score (nSPS) is 22.0. The van der Waals surface area contributed by atoms with Crippen LogP contribution in [0.25, 0.3) is 10.8 Å². The van der Waals surface area contributed by atoms with Crippen molar-refractivity contribution in [1.29, 1.82) is 0 Å². The Morgan fingerprint density at radius 3 is 2.43 bits per heavy atom. The number of rotatable bonds is 11. The second kappa shape index (κ2) is 12.4. The van der Waals surface area contributed by atoms with E-state index in [9.17, 15) is 43.0 Å². The van der Waals surface area contributed by atoms with Gasteiger partial charge in [0.1, 0.15) is 12.3 Å². The molecule has 1 fully saturated rings. The van der Waals surface area contributed by atoms with Crippen LogP contribution in [0, 0.1) is 0 Å². The van der Waals surface area contributed by atoms with Gasteiger partial charge in [0.25, 0.3) is 5.56 Å². The van der Waals surface area contributed by atoms with Gasteiger partial charge >= 0.3 is 29.2 Å². The maximum atomic E-state index is 12.8. The van der Waals surface area contributed by atoms with E-state index >= 15 is 0 Å². The number of carbonyl (C=O) groups excluding carboxylic acids is 1. The van der Waals surface area contributed by atoms with E-state index in [0.717, 1.165) is 21.5 Å². The molecule has 0 spiro atoms. The summed E-state index contributed by atoms with van der Waals surface area (Å²) in [4.78, 5) is 75.7. The van der Waals surface area contributed by atoms with Crippen LogP contribution in [0.5, 0.6) is 0 Å². The molecule has 3 aromatic rings. The number of ether oxygens (including phenoxy) is 1. The Labute approximate surface area is 234 Å². The molecule has 7 N–H and O–H groups in total. The van der Waals surface area contributed by atoms with Crippen molar-refractivity contribution in [2.24, 2.45) is 0 Å². The molecule has 2 heterocycles. The lowest BCUT2D eigenvalue weighted by Crippen LogP contribution is -2.35. The fourth-order valence-electron chi connectivity index (χ4n) is 4.08. The number of H-pyrrole nitrogens is 1. The molecule has 21 heteroatoms. The summed E-state index contributed by atoms with van der Waals surface area (Å²) in [7, 11) is -16.8. The molecular weight excluding hydrogens is 627 g/mol. The zero-order valence-corrected chi connectivity index (χ0v) is 23.8. The van der Waals surface area contributed by atoms with E-state index in [4.69, 9.17) is 14.5 Å². The Bertz CT molecular complexity index is 1750. The number of nitrogens with one attached hydrogen (secondary N) is 2. The van der Waals surface area contributed by atoms with Gasteiger partial charge < -0.3 is 34.7 Å². The number of phosphoric ester groups is 1. The molecule has 1 amide bonds. The number of nitrogens with zero attached hydrogens (tertiary/aromatic N) is 1.